The quantitative estimate of drug-likeness (QED) is 0.251. The van der Waals surface area contributed by atoms with Crippen LogP contribution >= 0.6 is 0 Å². The zero-order valence-corrected chi connectivity index (χ0v) is 29.5. The van der Waals surface area contributed by atoms with E-state index in [1.807, 2.05) is 27.7 Å². The summed E-state index contributed by atoms with van der Waals surface area (Å²) in [7, 11) is 0. The van der Waals surface area contributed by atoms with Crippen molar-refractivity contribution < 1.29 is 28.8 Å². The van der Waals surface area contributed by atoms with Gasteiger partial charge in [0.1, 0.15) is 17.8 Å². The number of carbonyl (C=O) groups excluding carboxylic acids is 6. The summed E-state index contributed by atoms with van der Waals surface area (Å²) in [6.45, 7) is 7.98. The predicted molar refractivity (Wildman–Crippen MR) is 182 cm³/mol. The summed E-state index contributed by atoms with van der Waals surface area (Å²) in [5.74, 6) is -3.34. The fourth-order valence-corrected chi connectivity index (χ4v) is 8.20. The number of nitrogens with one attached hydrogen (secondary N) is 3. The van der Waals surface area contributed by atoms with Crippen LogP contribution in [-0.2, 0) is 24.0 Å². The minimum atomic E-state index is -0.967. The SMILES string of the molecule is CCC[C@H](CC(=O)[C@@H]1[C@H]2CCC[C@H]2CN1C(=O)[C@@H](NC(=O)[C@@H](NC(=O)c1cnccn1)C1CCCCC1)C(C)(C)C)C(=O)C(=O)NC1CC1. The van der Waals surface area contributed by atoms with Gasteiger partial charge in [-0.2, -0.15) is 0 Å². The maximum Gasteiger partial charge on any atom is 0.287 e. The Morgan fingerprint density at radius 2 is 1.65 bits per heavy atom. The molecule has 3 saturated carbocycles. The lowest BCUT2D eigenvalue weighted by molar-refractivity contribution is -0.146. The summed E-state index contributed by atoms with van der Waals surface area (Å²) in [6.07, 6.45) is 14.1. The number of nitrogens with zero attached hydrogens (tertiary/aromatic N) is 3. The van der Waals surface area contributed by atoms with Crippen molar-refractivity contribution in [2.24, 2.45) is 29.1 Å². The Morgan fingerprint density at radius 3 is 2.29 bits per heavy atom. The maximum atomic E-state index is 14.6. The molecule has 1 aliphatic heterocycles. The number of likely N-dealkylation sites (tertiary alicyclic amines) is 1. The highest BCUT2D eigenvalue weighted by molar-refractivity contribution is 6.37. The number of hydrogen-bond donors (Lipinski definition) is 3. The fourth-order valence-electron chi connectivity index (χ4n) is 8.20. The van der Waals surface area contributed by atoms with Crippen LogP contribution in [0.4, 0.5) is 0 Å². The van der Waals surface area contributed by atoms with Crippen LogP contribution in [0.3, 0.4) is 0 Å². The Hall–Kier alpha value is -3.70. The molecule has 5 rings (SSSR count). The average molecular weight is 679 g/mol. The number of ketones is 2. The van der Waals surface area contributed by atoms with Crippen LogP contribution in [0.1, 0.15) is 122 Å². The van der Waals surface area contributed by atoms with Crippen LogP contribution in [0.5, 0.6) is 0 Å². The zero-order valence-electron chi connectivity index (χ0n) is 29.5. The lowest BCUT2D eigenvalue weighted by Crippen LogP contribution is -2.61. The summed E-state index contributed by atoms with van der Waals surface area (Å²) >= 11 is 0. The van der Waals surface area contributed by atoms with Crippen molar-refractivity contribution in [1.82, 2.24) is 30.8 Å². The topological polar surface area (TPSA) is 168 Å². The predicted octanol–water partition coefficient (Wildman–Crippen LogP) is 3.54. The Labute approximate surface area is 289 Å². The van der Waals surface area contributed by atoms with Crippen molar-refractivity contribution in [2.75, 3.05) is 6.54 Å². The highest BCUT2D eigenvalue weighted by Crippen LogP contribution is 2.44. The molecular weight excluding hydrogens is 624 g/mol. The first-order valence-corrected chi connectivity index (χ1v) is 18.4. The molecule has 0 unspecified atom stereocenters. The van der Waals surface area contributed by atoms with Gasteiger partial charge in [0, 0.05) is 37.3 Å². The molecule has 6 atom stereocenters. The van der Waals surface area contributed by atoms with Crippen LogP contribution in [0.2, 0.25) is 0 Å². The van der Waals surface area contributed by atoms with Crippen LogP contribution in [0, 0.1) is 29.1 Å². The molecule has 0 radical (unpaired) electrons. The van der Waals surface area contributed by atoms with Crippen LogP contribution in [-0.4, -0.2) is 80.8 Å². The van der Waals surface area contributed by atoms with Crippen LogP contribution in [0.25, 0.3) is 0 Å². The first-order chi connectivity index (χ1) is 23.4. The molecule has 3 aliphatic carbocycles. The van der Waals surface area contributed by atoms with E-state index in [1.54, 1.807) is 4.90 Å². The smallest absolute Gasteiger partial charge is 0.287 e. The number of fused-ring (bicyclic) bond motifs is 1. The molecule has 0 bridgehead atoms. The van der Waals surface area contributed by atoms with E-state index in [0.717, 1.165) is 64.2 Å². The third kappa shape index (κ3) is 8.91. The van der Waals surface area contributed by atoms with Gasteiger partial charge in [0.05, 0.1) is 12.2 Å². The summed E-state index contributed by atoms with van der Waals surface area (Å²) in [4.78, 5) is 91.7. The molecule has 1 aromatic rings. The minimum absolute atomic E-state index is 0.0216. The van der Waals surface area contributed by atoms with E-state index in [1.165, 1.54) is 18.6 Å². The third-order valence-corrected chi connectivity index (χ3v) is 11.0. The molecule has 12 nitrogen and oxygen atoms in total. The molecule has 3 N–H and O–H groups in total. The van der Waals surface area contributed by atoms with Crippen LogP contribution < -0.4 is 16.0 Å². The third-order valence-electron chi connectivity index (χ3n) is 11.0. The van der Waals surface area contributed by atoms with Gasteiger partial charge in [-0.25, -0.2) is 4.98 Å². The van der Waals surface area contributed by atoms with E-state index < -0.39 is 53.0 Å². The van der Waals surface area contributed by atoms with Gasteiger partial charge in [0.25, 0.3) is 11.8 Å². The molecule has 2 heterocycles. The van der Waals surface area contributed by atoms with Gasteiger partial charge >= 0.3 is 0 Å². The number of hydrogen-bond acceptors (Lipinski definition) is 8. The molecule has 0 spiro atoms. The largest absolute Gasteiger partial charge is 0.347 e. The second-order valence-corrected chi connectivity index (χ2v) is 15.8. The lowest BCUT2D eigenvalue weighted by atomic mass is 9.81. The van der Waals surface area contributed by atoms with Crippen molar-refractivity contribution in [3.05, 3.63) is 24.3 Å². The first-order valence-electron chi connectivity index (χ1n) is 18.4. The van der Waals surface area contributed by atoms with Gasteiger partial charge in [0.15, 0.2) is 5.78 Å². The fraction of sp³-hybridized carbons (Fsp3) is 0.730. The van der Waals surface area contributed by atoms with Gasteiger partial charge in [-0.05, 0) is 68.1 Å². The highest BCUT2D eigenvalue weighted by Gasteiger charge is 2.52. The normalized spacial score (nSPS) is 24.3. The molecule has 4 fully saturated rings. The summed E-state index contributed by atoms with van der Waals surface area (Å²) in [5.41, 5.74) is -0.611. The van der Waals surface area contributed by atoms with Crippen LogP contribution in [0.15, 0.2) is 18.6 Å². The molecule has 268 valence electrons. The molecular formula is C37H54N6O6. The first kappa shape index (κ1) is 36.6. The Kier molecular flexibility index (Phi) is 11.9. The van der Waals surface area contributed by atoms with E-state index in [2.05, 4.69) is 25.9 Å². The maximum absolute atomic E-state index is 14.6. The van der Waals surface area contributed by atoms with E-state index in [9.17, 15) is 28.8 Å². The lowest BCUT2D eigenvalue weighted by Gasteiger charge is -2.38. The van der Waals surface area contributed by atoms with Gasteiger partial charge in [-0.1, -0.05) is 59.8 Å². The highest BCUT2D eigenvalue weighted by atomic mass is 16.2. The molecule has 1 aromatic heterocycles. The van der Waals surface area contributed by atoms with E-state index in [4.69, 9.17) is 0 Å². The summed E-state index contributed by atoms with van der Waals surface area (Å²) < 4.78 is 0. The van der Waals surface area contributed by atoms with E-state index in [0.29, 0.717) is 19.4 Å². The number of Topliss-reactive ketones (excluding diaryl/α,β-unsaturated/α-hetero) is 2. The number of amides is 4. The van der Waals surface area contributed by atoms with E-state index in [-0.39, 0.29) is 47.6 Å². The van der Waals surface area contributed by atoms with Crippen molar-refractivity contribution in [3.63, 3.8) is 0 Å². The molecule has 12 heteroatoms. The number of aromatic nitrogens is 2. The Bertz CT molecular complexity index is 1390. The van der Waals surface area contributed by atoms with Gasteiger partial charge in [-0.15, -0.1) is 0 Å². The summed E-state index contributed by atoms with van der Waals surface area (Å²) in [5, 5.41) is 8.70. The molecule has 4 amide bonds. The van der Waals surface area contributed by atoms with Crippen molar-refractivity contribution in [1.29, 1.82) is 0 Å². The Balaban J connectivity index is 1.36. The van der Waals surface area contributed by atoms with Gasteiger partial charge in [-0.3, -0.25) is 33.8 Å². The monoisotopic (exact) mass is 678 g/mol. The minimum Gasteiger partial charge on any atom is -0.347 e. The average Bonchev–Trinajstić information content (AvgIpc) is 3.65. The van der Waals surface area contributed by atoms with Crippen molar-refractivity contribution >= 4 is 35.2 Å². The molecule has 1 saturated heterocycles. The molecule has 49 heavy (non-hydrogen) atoms. The number of rotatable bonds is 14. The van der Waals surface area contributed by atoms with Crippen molar-refractivity contribution in [2.45, 2.75) is 135 Å². The molecule has 4 aliphatic rings. The standard InChI is InChI=1S/C37H54N6O6/c1-5-10-23(31(45)35(48)40-25-15-16-25)19-28(44)30-26-14-9-13-24(26)21-43(30)36(49)32(37(2,3)4)42-34(47)29(22-11-7-6-8-12-22)41-33(46)27-20-38-17-18-39-27/h17-18,20,22-26,29-30,32H,5-16,19,21H2,1-4H3,(H,40,48)(H,41,46)(H,42,47)/t23-,24+,26+,29+,30+,32-/m1/s1. The van der Waals surface area contributed by atoms with Crippen molar-refractivity contribution in [3.8, 4) is 0 Å². The Morgan fingerprint density at radius 1 is 0.918 bits per heavy atom. The molecule has 0 aromatic carbocycles. The van der Waals surface area contributed by atoms with E-state index >= 15 is 0 Å². The second-order valence-electron chi connectivity index (χ2n) is 15.8. The second kappa shape index (κ2) is 15.9. The van der Waals surface area contributed by atoms with Gasteiger partial charge < -0.3 is 20.9 Å². The zero-order chi connectivity index (χ0) is 35.3. The van der Waals surface area contributed by atoms with Gasteiger partial charge in [0.2, 0.25) is 17.6 Å². The number of carbonyl (C=O) groups is 6. The summed E-state index contributed by atoms with van der Waals surface area (Å²) in [6, 6.07) is -2.51.